The van der Waals surface area contributed by atoms with Crippen LogP contribution in [0.4, 0.5) is 11.6 Å². The summed E-state index contributed by atoms with van der Waals surface area (Å²) >= 11 is 0. The van der Waals surface area contributed by atoms with Crippen LogP contribution in [0.25, 0.3) is 0 Å². The maximum absolute atomic E-state index is 12.3. The van der Waals surface area contributed by atoms with Crippen molar-refractivity contribution in [2.45, 2.75) is 27.2 Å². The van der Waals surface area contributed by atoms with E-state index in [9.17, 15) is 4.79 Å². The number of benzene rings is 1. The summed E-state index contributed by atoms with van der Waals surface area (Å²) in [7, 11) is 3.17. The van der Waals surface area contributed by atoms with Crippen molar-refractivity contribution < 1.29 is 14.3 Å². The molecule has 2 rings (SSSR count). The van der Waals surface area contributed by atoms with Gasteiger partial charge in [0.15, 0.2) is 0 Å². The van der Waals surface area contributed by atoms with Gasteiger partial charge in [-0.2, -0.15) is 0 Å². The Morgan fingerprint density at radius 2 is 1.92 bits per heavy atom. The minimum Gasteiger partial charge on any atom is -0.497 e. The molecule has 7 nitrogen and oxygen atoms in total. The zero-order valence-electron chi connectivity index (χ0n) is 15.9. The van der Waals surface area contributed by atoms with E-state index in [1.165, 1.54) is 0 Å². The van der Waals surface area contributed by atoms with Crippen LogP contribution in [0.3, 0.4) is 0 Å². The topological polar surface area (TPSA) is 85.4 Å². The van der Waals surface area contributed by atoms with Crippen LogP contribution in [-0.4, -0.2) is 36.6 Å². The lowest BCUT2D eigenvalue weighted by Crippen LogP contribution is -2.26. The van der Waals surface area contributed by atoms with Crippen LogP contribution in [-0.2, 0) is 0 Å². The van der Waals surface area contributed by atoms with Crippen LogP contribution >= 0.6 is 0 Å². The first-order valence-electron chi connectivity index (χ1n) is 8.56. The molecule has 2 aromatic rings. The number of methoxy groups -OCH3 is 2. The second kappa shape index (κ2) is 9.03. The highest BCUT2D eigenvalue weighted by molar-refractivity contribution is 5.92. The Morgan fingerprint density at radius 1 is 1.15 bits per heavy atom. The number of ether oxygens (including phenoxy) is 2. The second-order valence-corrected chi connectivity index (χ2v) is 6.35. The number of aryl methyl sites for hydroxylation is 1. The zero-order valence-corrected chi connectivity index (χ0v) is 15.9. The van der Waals surface area contributed by atoms with E-state index in [0.29, 0.717) is 47.0 Å². The molecule has 1 amide bonds. The smallest absolute Gasteiger partial charge is 0.270 e. The van der Waals surface area contributed by atoms with Crippen molar-refractivity contribution in [3.63, 3.8) is 0 Å². The summed E-state index contributed by atoms with van der Waals surface area (Å²) in [5.74, 6) is 1.94. The zero-order chi connectivity index (χ0) is 19.1. The van der Waals surface area contributed by atoms with Crippen molar-refractivity contribution in [3.8, 4) is 11.5 Å². The van der Waals surface area contributed by atoms with Gasteiger partial charge in [0, 0.05) is 18.3 Å². The second-order valence-electron chi connectivity index (χ2n) is 6.35. The summed E-state index contributed by atoms with van der Waals surface area (Å²) in [6.45, 7) is 6.67. The largest absolute Gasteiger partial charge is 0.497 e. The molecule has 0 bridgehead atoms. The number of nitrogens with zero attached hydrogens (tertiary/aromatic N) is 2. The van der Waals surface area contributed by atoms with E-state index in [1.807, 2.05) is 13.0 Å². The number of anilines is 2. The van der Waals surface area contributed by atoms with Crippen LogP contribution in [0.1, 0.15) is 36.5 Å². The summed E-state index contributed by atoms with van der Waals surface area (Å²) in [5, 5.41) is 5.99. The summed E-state index contributed by atoms with van der Waals surface area (Å²) in [4.78, 5) is 21.0. The van der Waals surface area contributed by atoms with Crippen molar-refractivity contribution in [3.05, 3.63) is 35.7 Å². The highest BCUT2D eigenvalue weighted by Gasteiger charge is 2.12. The number of carbonyl (C=O) groups is 1. The van der Waals surface area contributed by atoms with Crippen molar-refractivity contribution in [2.24, 2.45) is 5.92 Å². The summed E-state index contributed by atoms with van der Waals surface area (Å²) < 4.78 is 10.6. The number of carbonyl (C=O) groups excluding carboxylic acids is 1. The highest BCUT2D eigenvalue weighted by Crippen LogP contribution is 2.30. The predicted octanol–water partition coefficient (Wildman–Crippen LogP) is 3.32. The molecule has 0 spiro atoms. The Hall–Kier alpha value is -2.83. The standard InChI is InChI=1S/C19H26N4O3/c1-12(2)8-9-20-18(24)16-10-13(3)21-19(23-16)22-15-7-6-14(25-4)11-17(15)26-5/h6-7,10-12H,8-9H2,1-5H3,(H,20,24)(H,21,22,23). The van der Waals surface area contributed by atoms with E-state index in [-0.39, 0.29) is 5.91 Å². The molecule has 0 saturated carbocycles. The average molecular weight is 358 g/mol. The fraction of sp³-hybridized carbons (Fsp3) is 0.421. The van der Waals surface area contributed by atoms with Gasteiger partial charge in [0.1, 0.15) is 17.2 Å². The molecular weight excluding hydrogens is 332 g/mol. The SMILES string of the molecule is COc1ccc(Nc2nc(C)cc(C(=O)NCCC(C)C)n2)c(OC)c1. The number of aromatic nitrogens is 2. The number of nitrogens with one attached hydrogen (secondary N) is 2. The van der Waals surface area contributed by atoms with E-state index in [4.69, 9.17) is 9.47 Å². The quantitative estimate of drug-likeness (QED) is 0.753. The molecule has 1 heterocycles. The summed E-state index contributed by atoms with van der Waals surface area (Å²) in [6, 6.07) is 7.05. The summed E-state index contributed by atoms with van der Waals surface area (Å²) in [5.41, 5.74) is 1.71. The molecule has 0 aliphatic carbocycles. The van der Waals surface area contributed by atoms with Crippen molar-refractivity contribution in [1.29, 1.82) is 0 Å². The Kier molecular flexibility index (Phi) is 6.77. The number of amides is 1. The first kappa shape index (κ1) is 19.5. The van der Waals surface area contributed by atoms with Gasteiger partial charge in [-0.15, -0.1) is 0 Å². The number of rotatable bonds is 8. The van der Waals surface area contributed by atoms with Crippen LogP contribution < -0.4 is 20.1 Å². The molecule has 26 heavy (non-hydrogen) atoms. The van der Waals surface area contributed by atoms with Crippen LogP contribution in [0.2, 0.25) is 0 Å². The molecule has 0 radical (unpaired) electrons. The first-order valence-corrected chi connectivity index (χ1v) is 8.56. The maximum atomic E-state index is 12.3. The minimum atomic E-state index is -0.208. The van der Waals surface area contributed by atoms with Gasteiger partial charge < -0.3 is 20.1 Å². The lowest BCUT2D eigenvalue weighted by molar-refractivity contribution is 0.0947. The van der Waals surface area contributed by atoms with Gasteiger partial charge in [-0.05, 0) is 37.5 Å². The van der Waals surface area contributed by atoms with E-state index < -0.39 is 0 Å². The third kappa shape index (κ3) is 5.34. The molecule has 140 valence electrons. The highest BCUT2D eigenvalue weighted by atomic mass is 16.5. The van der Waals surface area contributed by atoms with E-state index in [0.717, 1.165) is 6.42 Å². The van der Waals surface area contributed by atoms with Crippen LogP contribution in [0, 0.1) is 12.8 Å². The molecule has 0 fully saturated rings. The Balaban J connectivity index is 2.18. The summed E-state index contributed by atoms with van der Waals surface area (Å²) in [6.07, 6.45) is 0.921. The van der Waals surface area contributed by atoms with Crippen molar-refractivity contribution >= 4 is 17.5 Å². The number of hydrogen-bond acceptors (Lipinski definition) is 6. The molecular formula is C19H26N4O3. The monoisotopic (exact) mass is 358 g/mol. The number of hydrogen-bond donors (Lipinski definition) is 2. The lowest BCUT2D eigenvalue weighted by atomic mass is 10.1. The van der Waals surface area contributed by atoms with Gasteiger partial charge in [0.25, 0.3) is 5.91 Å². The Bertz CT molecular complexity index is 762. The lowest BCUT2D eigenvalue weighted by Gasteiger charge is -2.13. The van der Waals surface area contributed by atoms with Gasteiger partial charge in [-0.1, -0.05) is 13.8 Å². The van der Waals surface area contributed by atoms with Gasteiger partial charge in [-0.25, -0.2) is 9.97 Å². The van der Waals surface area contributed by atoms with Gasteiger partial charge in [0.2, 0.25) is 5.95 Å². The predicted molar refractivity (Wildman–Crippen MR) is 101 cm³/mol. The minimum absolute atomic E-state index is 0.208. The molecule has 0 unspecified atom stereocenters. The molecule has 0 aliphatic rings. The van der Waals surface area contributed by atoms with Crippen LogP contribution in [0.5, 0.6) is 11.5 Å². The normalized spacial score (nSPS) is 10.5. The van der Waals surface area contributed by atoms with Crippen molar-refractivity contribution in [1.82, 2.24) is 15.3 Å². The molecule has 1 aromatic carbocycles. The van der Waals surface area contributed by atoms with Gasteiger partial charge in [0.05, 0.1) is 19.9 Å². The van der Waals surface area contributed by atoms with E-state index in [1.54, 1.807) is 32.4 Å². The van der Waals surface area contributed by atoms with Gasteiger partial charge >= 0.3 is 0 Å². The molecule has 0 aliphatic heterocycles. The molecule has 1 aromatic heterocycles. The average Bonchev–Trinajstić information content (AvgIpc) is 2.61. The van der Waals surface area contributed by atoms with Crippen LogP contribution in [0.15, 0.2) is 24.3 Å². The third-order valence-electron chi connectivity index (χ3n) is 3.75. The third-order valence-corrected chi connectivity index (χ3v) is 3.75. The Morgan fingerprint density at radius 3 is 2.58 bits per heavy atom. The molecule has 2 N–H and O–H groups in total. The maximum Gasteiger partial charge on any atom is 0.270 e. The molecule has 0 atom stereocenters. The van der Waals surface area contributed by atoms with Gasteiger partial charge in [-0.3, -0.25) is 4.79 Å². The van der Waals surface area contributed by atoms with E-state index >= 15 is 0 Å². The fourth-order valence-electron chi connectivity index (χ4n) is 2.33. The molecule has 7 heteroatoms. The Labute approximate surface area is 154 Å². The van der Waals surface area contributed by atoms with E-state index in [2.05, 4.69) is 34.4 Å². The molecule has 0 saturated heterocycles. The first-order chi connectivity index (χ1) is 12.4. The van der Waals surface area contributed by atoms with Crippen molar-refractivity contribution in [2.75, 3.05) is 26.1 Å². The fourth-order valence-corrected chi connectivity index (χ4v) is 2.33.